The van der Waals surface area contributed by atoms with Crippen molar-refractivity contribution in [3.8, 4) is 5.75 Å². The third-order valence-corrected chi connectivity index (χ3v) is 4.91. The average Bonchev–Trinajstić information content (AvgIpc) is 2.65. The number of benzene rings is 2. The van der Waals surface area contributed by atoms with E-state index in [1.807, 2.05) is 42.5 Å². The van der Waals surface area contributed by atoms with Crippen LogP contribution in [0.25, 0.3) is 0 Å². The van der Waals surface area contributed by atoms with Gasteiger partial charge >= 0.3 is 0 Å². The summed E-state index contributed by atoms with van der Waals surface area (Å²) in [5.74, 6) is 1.72. The molecule has 3 rings (SSSR count). The molecule has 0 fully saturated rings. The van der Waals surface area contributed by atoms with Gasteiger partial charge < -0.3 is 20.5 Å². The number of para-hydroxylation sites is 1. The molecule has 1 heterocycles. The van der Waals surface area contributed by atoms with Gasteiger partial charge in [0, 0.05) is 18.5 Å². The van der Waals surface area contributed by atoms with Crippen LogP contribution in [-0.4, -0.2) is 23.2 Å². The molecule has 6 heteroatoms. The molecule has 0 spiro atoms. The highest BCUT2D eigenvalue weighted by molar-refractivity contribution is 14.0. The molecule has 1 aliphatic rings. The number of aliphatic hydroxyl groups excluding tert-OH is 1. The van der Waals surface area contributed by atoms with Crippen LogP contribution in [0.2, 0.25) is 0 Å². The first-order chi connectivity index (χ1) is 13.4. The van der Waals surface area contributed by atoms with Crippen LogP contribution >= 0.6 is 24.0 Å². The van der Waals surface area contributed by atoms with Crippen LogP contribution in [0.3, 0.4) is 0 Å². The summed E-state index contributed by atoms with van der Waals surface area (Å²) in [5.41, 5.74) is 2.95. The van der Waals surface area contributed by atoms with Crippen molar-refractivity contribution in [2.45, 2.75) is 58.4 Å². The minimum atomic E-state index is -0.450. The van der Waals surface area contributed by atoms with Gasteiger partial charge in [0.05, 0.1) is 18.7 Å². The molecule has 2 aromatic carbocycles. The lowest BCUT2D eigenvalue weighted by atomic mass is 9.90. The number of aliphatic hydroxyl groups is 1. The number of hydrogen-bond acceptors (Lipinski definition) is 3. The van der Waals surface area contributed by atoms with E-state index in [2.05, 4.69) is 37.5 Å². The Labute approximate surface area is 191 Å². The fraction of sp³-hybridized carbons (Fsp3) is 0.435. The van der Waals surface area contributed by atoms with Crippen molar-refractivity contribution in [3.05, 3.63) is 65.2 Å². The van der Waals surface area contributed by atoms with E-state index in [9.17, 15) is 5.11 Å². The third kappa shape index (κ3) is 6.34. The van der Waals surface area contributed by atoms with Gasteiger partial charge in [-0.15, -0.1) is 24.0 Å². The molecule has 5 nitrogen and oxygen atoms in total. The zero-order valence-electron chi connectivity index (χ0n) is 17.6. The number of guanidine groups is 1. The Morgan fingerprint density at radius 2 is 1.90 bits per heavy atom. The highest BCUT2D eigenvalue weighted by Crippen LogP contribution is 2.39. The minimum absolute atomic E-state index is 0. The first kappa shape index (κ1) is 23.5. The van der Waals surface area contributed by atoms with Crippen LogP contribution in [0.15, 0.2) is 53.5 Å². The molecule has 158 valence electrons. The zero-order chi connectivity index (χ0) is 20.1. The van der Waals surface area contributed by atoms with Crippen molar-refractivity contribution < 1.29 is 9.84 Å². The van der Waals surface area contributed by atoms with E-state index in [0.717, 1.165) is 41.4 Å². The summed E-state index contributed by atoms with van der Waals surface area (Å²) in [7, 11) is 0. The third-order valence-electron chi connectivity index (χ3n) is 4.91. The molecule has 0 bridgehead atoms. The Hall–Kier alpha value is -1.80. The van der Waals surface area contributed by atoms with Gasteiger partial charge in [0.25, 0.3) is 0 Å². The number of nitrogens with one attached hydrogen (secondary N) is 2. The van der Waals surface area contributed by atoms with Gasteiger partial charge in [-0.25, -0.2) is 4.99 Å². The molecule has 29 heavy (non-hydrogen) atoms. The summed E-state index contributed by atoms with van der Waals surface area (Å²) in [6.07, 6.45) is 0.408. The van der Waals surface area contributed by atoms with Gasteiger partial charge in [-0.2, -0.15) is 0 Å². The molecule has 2 aromatic rings. The second-order valence-electron chi connectivity index (χ2n) is 7.91. The summed E-state index contributed by atoms with van der Waals surface area (Å²) in [6, 6.07) is 16.3. The Balaban J connectivity index is 0.00000300. The monoisotopic (exact) mass is 509 g/mol. The maximum Gasteiger partial charge on any atom is 0.192 e. The second kappa shape index (κ2) is 10.3. The molecule has 0 saturated carbocycles. The molecule has 0 saturated heterocycles. The van der Waals surface area contributed by atoms with Crippen LogP contribution in [-0.2, 0) is 6.54 Å². The molecule has 2 unspecified atom stereocenters. The van der Waals surface area contributed by atoms with E-state index in [0.29, 0.717) is 6.54 Å². The fourth-order valence-electron chi connectivity index (χ4n) is 3.49. The molecule has 2 atom stereocenters. The topological polar surface area (TPSA) is 65.9 Å². The van der Waals surface area contributed by atoms with E-state index in [-0.39, 0.29) is 35.6 Å². The van der Waals surface area contributed by atoms with Crippen LogP contribution in [0.4, 0.5) is 0 Å². The standard InChI is InChI=1S/C23H31N3O2.HI/c1-5-24-22(25-15-17-10-12-18(13-11-17)16(2)27)26-20-14-23(3,4)28-21-9-7-6-8-19(20)21;/h6-13,16,20,27H,5,14-15H2,1-4H3,(H2,24,25,26);1H. The first-order valence-corrected chi connectivity index (χ1v) is 9.97. The Morgan fingerprint density at radius 3 is 2.55 bits per heavy atom. The van der Waals surface area contributed by atoms with Gasteiger partial charge in [0.1, 0.15) is 11.4 Å². The van der Waals surface area contributed by atoms with Gasteiger partial charge in [-0.05, 0) is 44.9 Å². The minimum Gasteiger partial charge on any atom is -0.487 e. The fourth-order valence-corrected chi connectivity index (χ4v) is 3.49. The van der Waals surface area contributed by atoms with Crippen molar-refractivity contribution in [2.24, 2.45) is 4.99 Å². The van der Waals surface area contributed by atoms with Gasteiger partial charge in [-0.1, -0.05) is 42.5 Å². The summed E-state index contributed by atoms with van der Waals surface area (Å²) in [6.45, 7) is 9.44. The predicted octanol–water partition coefficient (Wildman–Crippen LogP) is 4.72. The summed E-state index contributed by atoms with van der Waals surface area (Å²) >= 11 is 0. The van der Waals surface area contributed by atoms with Gasteiger partial charge in [-0.3, -0.25) is 0 Å². The van der Waals surface area contributed by atoms with Crippen LogP contribution < -0.4 is 15.4 Å². The lowest BCUT2D eigenvalue weighted by molar-refractivity contribution is 0.0694. The number of halogens is 1. The highest BCUT2D eigenvalue weighted by atomic mass is 127. The molecule has 0 aromatic heterocycles. The number of nitrogens with zero attached hydrogens (tertiary/aromatic N) is 1. The maximum atomic E-state index is 9.65. The maximum absolute atomic E-state index is 9.65. The quantitative estimate of drug-likeness (QED) is 0.310. The highest BCUT2D eigenvalue weighted by Gasteiger charge is 2.33. The lowest BCUT2D eigenvalue weighted by Gasteiger charge is -2.38. The molecule has 0 aliphatic carbocycles. The van der Waals surface area contributed by atoms with E-state index >= 15 is 0 Å². The smallest absolute Gasteiger partial charge is 0.192 e. The lowest BCUT2D eigenvalue weighted by Crippen LogP contribution is -2.45. The summed E-state index contributed by atoms with van der Waals surface area (Å²) in [4.78, 5) is 4.76. The van der Waals surface area contributed by atoms with Crippen molar-refractivity contribution in [2.75, 3.05) is 6.54 Å². The normalized spacial score (nSPS) is 18.7. The number of ether oxygens (including phenoxy) is 1. The SMILES string of the molecule is CCNC(=NCc1ccc(C(C)O)cc1)NC1CC(C)(C)Oc2ccccc21.I. The van der Waals surface area contributed by atoms with E-state index in [1.165, 1.54) is 0 Å². The molecular formula is C23H32IN3O2. The molecule has 0 amide bonds. The van der Waals surface area contributed by atoms with Crippen molar-refractivity contribution in [3.63, 3.8) is 0 Å². The Morgan fingerprint density at radius 1 is 1.21 bits per heavy atom. The first-order valence-electron chi connectivity index (χ1n) is 9.97. The van der Waals surface area contributed by atoms with E-state index < -0.39 is 6.10 Å². The van der Waals surface area contributed by atoms with Gasteiger partial charge in [0.2, 0.25) is 0 Å². The van der Waals surface area contributed by atoms with Crippen LogP contribution in [0.1, 0.15) is 63.0 Å². The average molecular weight is 509 g/mol. The van der Waals surface area contributed by atoms with Crippen molar-refractivity contribution in [1.29, 1.82) is 0 Å². The van der Waals surface area contributed by atoms with E-state index in [1.54, 1.807) is 6.92 Å². The number of aliphatic imine (C=N–C) groups is 1. The molecule has 0 radical (unpaired) electrons. The molecular weight excluding hydrogens is 477 g/mol. The number of hydrogen-bond donors (Lipinski definition) is 3. The Bertz CT molecular complexity index is 819. The number of rotatable bonds is 5. The number of fused-ring (bicyclic) bond motifs is 1. The summed E-state index contributed by atoms with van der Waals surface area (Å²) < 4.78 is 6.13. The van der Waals surface area contributed by atoms with Crippen LogP contribution in [0, 0.1) is 0 Å². The Kier molecular flexibility index (Phi) is 8.34. The largest absolute Gasteiger partial charge is 0.487 e. The van der Waals surface area contributed by atoms with Gasteiger partial charge in [0.15, 0.2) is 5.96 Å². The summed E-state index contributed by atoms with van der Waals surface area (Å²) in [5, 5.41) is 16.6. The molecule has 3 N–H and O–H groups in total. The van der Waals surface area contributed by atoms with Crippen LogP contribution in [0.5, 0.6) is 5.75 Å². The predicted molar refractivity (Wildman–Crippen MR) is 129 cm³/mol. The van der Waals surface area contributed by atoms with Crippen molar-refractivity contribution in [1.82, 2.24) is 10.6 Å². The van der Waals surface area contributed by atoms with Crippen molar-refractivity contribution >= 4 is 29.9 Å². The second-order valence-corrected chi connectivity index (χ2v) is 7.91. The molecule has 1 aliphatic heterocycles. The van der Waals surface area contributed by atoms with E-state index in [4.69, 9.17) is 9.73 Å². The zero-order valence-corrected chi connectivity index (χ0v) is 19.9.